The zero-order valence-electron chi connectivity index (χ0n) is 11.9. The predicted molar refractivity (Wildman–Crippen MR) is 85.1 cm³/mol. The van der Waals surface area contributed by atoms with Gasteiger partial charge in [-0.05, 0) is 36.5 Å². The van der Waals surface area contributed by atoms with E-state index in [1.54, 1.807) is 0 Å². The minimum atomic E-state index is 0.555. The van der Waals surface area contributed by atoms with E-state index in [0.717, 1.165) is 17.6 Å². The normalized spacial score (nSPS) is 22.8. The van der Waals surface area contributed by atoms with Crippen LogP contribution in [-0.2, 0) is 6.54 Å². The molecule has 2 nitrogen and oxygen atoms in total. The smallest absolute Gasteiger partial charge is 0.169 e. The molecule has 0 heterocycles. The Morgan fingerprint density at radius 3 is 2.63 bits per heavy atom. The lowest BCUT2D eigenvalue weighted by molar-refractivity contribution is 0.300. The second-order valence-electron chi connectivity index (χ2n) is 5.66. The van der Waals surface area contributed by atoms with Gasteiger partial charge in [-0.15, -0.1) is 0 Å². The van der Waals surface area contributed by atoms with Crippen molar-refractivity contribution in [2.24, 2.45) is 5.92 Å². The van der Waals surface area contributed by atoms with E-state index in [1.165, 1.54) is 31.2 Å². The molecule has 3 heteroatoms. The van der Waals surface area contributed by atoms with Gasteiger partial charge in [0, 0.05) is 19.6 Å². The van der Waals surface area contributed by atoms with Crippen LogP contribution in [0, 0.1) is 5.92 Å². The van der Waals surface area contributed by atoms with Crippen LogP contribution in [0.2, 0.25) is 0 Å². The third kappa shape index (κ3) is 4.20. The Hall–Kier alpha value is -1.09. The van der Waals surface area contributed by atoms with Gasteiger partial charge >= 0.3 is 0 Å². The van der Waals surface area contributed by atoms with Crippen molar-refractivity contribution in [2.75, 3.05) is 7.05 Å². The first-order valence-electron chi connectivity index (χ1n) is 7.22. The molecule has 2 atom stereocenters. The van der Waals surface area contributed by atoms with E-state index < -0.39 is 0 Å². The Labute approximate surface area is 122 Å². The molecule has 0 amide bonds. The summed E-state index contributed by atoms with van der Waals surface area (Å²) in [4.78, 5) is 2.13. The van der Waals surface area contributed by atoms with Gasteiger partial charge in [0.05, 0.1) is 0 Å². The Morgan fingerprint density at radius 1 is 1.26 bits per heavy atom. The minimum absolute atomic E-state index is 0.555. The lowest BCUT2D eigenvalue weighted by Crippen LogP contribution is -2.46. The van der Waals surface area contributed by atoms with Crippen LogP contribution >= 0.6 is 12.2 Å². The standard InChI is InChI=1S/C16H24N2S/c1-13-8-6-7-11-15(13)17-16(19)18(2)12-14-9-4-3-5-10-14/h3-5,9-10,13,15H,6-8,11-12H2,1-2H3,(H,17,19)/t13-,15-/m0/s1. The summed E-state index contributed by atoms with van der Waals surface area (Å²) in [6, 6.07) is 11.0. The zero-order chi connectivity index (χ0) is 13.7. The highest BCUT2D eigenvalue weighted by molar-refractivity contribution is 7.80. The van der Waals surface area contributed by atoms with Crippen molar-refractivity contribution in [1.82, 2.24) is 10.2 Å². The second kappa shape index (κ2) is 6.90. The van der Waals surface area contributed by atoms with Crippen LogP contribution in [0.3, 0.4) is 0 Å². The summed E-state index contributed by atoms with van der Waals surface area (Å²) in [6.07, 6.45) is 5.27. The van der Waals surface area contributed by atoms with Gasteiger partial charge in [0.2, 0.25) is 0 Å². The molecular weight excluding hydrogens is 252 g/mol. The number of hydrogen-bond acceptors (Lipinski definition) is 1. The zero-order valence-corrected chi connectivity index (χ0v) is 12.7. The van der Waals surface area contributed by atoms with Crippen LogP contribution in [0.5, 0.6) is 0 Å². The molecule has 0 spiro atoms. The molecule has 0 radical (unpaired) electrons. The average Bonchev–Trinajstić information content (AvgIpc) is 2.42. The summed E-state index contributed by atoms with van der Waals surface area (Å²) in [7, 11) is 2.07. The molecule has 19 heavy (non-hydrogen) atoms. The molecule has 0 aliphatic heterocycles. The maximum absolute atomic E-state index is 5.52. The highest BCUT2D eigenvalue weighted by Gasteiger charge is 2.22. The maximum Gasteiger partial charge on any atom is 0.169 e. The number of hydrogen-bond donors (Lipinski definition) is 1. The highest BCUT2D eigenvalue weighted by atomic mass is 32.1. The van der Waals surface area contributed by atoms with Crippen molar-refractivity contribution in [3.05, 3.63) is 35.9 Å². The van der Waals surface area contributed by atoms with E-state index in [9.17, 15) is 0 Å². The first-order chi connectivity index (χ1) is 9.16. The van der Waals surface area contributed by atoms with Gasteiger partial charge in [-0.2, -0.15) is 0 Å². The van der Waals surface area contributed by atoms with Gasteiger partial charge in [-0.1, -0.05) is 50.1 Å². The summed E-state index contributed by atoms with van der Waals surface area (Å²) in [5.74, 6) is 0.733. The Bertz CT molecular complexity index is 404. The number of rotatable bonds is 3. The molecule has 0 bridgehead atoms. The summed E-state index contributed by atoms with van der Waals surface area (Å²) in [5, 5.41) is 4.42. The SMILES string of the molecule is C[C@H]1CCCC[C@@H]1NC(=S)N(C)Cc1ccccc1. The quantitative estimate of drug-likeness (QED) is 0.850. The van der Waals surface area contributed by atoms with Crippen LogP contribution < -0.4 is 5.32 Å². The molecule has 104 valence electrons. The van der Waals surface area contributed by atoms with Gasteiger partial charge in [-0.3, -0.25) is 0 Å². The van der Waals surface area contributed by atoms with Gasteiger partial charge in [0.25, 0.3) is 0 Å². The molecule has 1 aromatic rings. The fraction of sp³-hybridized carbons (Fsp3) is 0.562. The number of thiocarbonyl (C=S) groups is 1. The third-order valence-corrected chi connectivity index (χ3v) is 4.46. The molecule has 1 fully saturated rings. The largest absolute Gasteiger partial charge is 0.360 e. The number of benzene rings is 1. The van der Waals surface area contributed by atoms with Crippen molar-refractivity contribution in [1.29, 1.82) is 0 Å². The Balaban J connectivity index is 1.85. The molecule has 0 aromatic heterocycles. The van der Waals surface area contributed by atoms with E-state index in [2.05, 4.69) is 48.5 Å². The number of nitrogens with one attached hydrogen (secondary N) is 1. The predicted octanol–water partition coefficient (Wildman–Crippen LogP) is 3.57. The molecule has 1 aliphatic rings. The van der Waals surface area contributed by atoms with Crippen LogP contribution in [0.1, 0.15) is 38.2 Å². The summed E-state index contributed by atoms with van der Waals surface area (Å²) >= 11 is 5.52. The molecule has 2 rings (SSSR count). The molecular formula is C16H24N2S. The monoisotopic (exact) mass is 276 g/mol. The first-order valence-corrected chi connectivity index (χ1v) is 7.63. The van der Waals surface area contributed by atoms with E-state index >= 15 is 0 Å². The third-order valence-electron chi connectivity index (χ3n) is 4.03. The van der Waals surface area contributed by atoms with E-state index in [1.807, 2.05) is 6.07 Å². The van der Waals surface area contributed by atoms with Gasteiger partial charge in [0.15, 0.2) is 5.11 Å². The van der Waals surface area contributed by atoms with E-state index in [4.69, 9.17) is 12.2 Å². The van der Waals surface area contributed by atoms with Crippen molar-refractivity contribution >= 4 is 17.3 Å². The number of nitrogens with zero attached hydrogens (tertiary/aromatic N) is 1. The summed E-state index contributed by atoms with van der Waals surface area (Å²) in [5.41, 5.74) is 1.30. The summed E-state index contributed by atoms with van der Waals surface area (Å²) < 4.78 is 0. The van der Waals surface area contributed by atoms with Crippen LogP contribution in [0.25, 0.3) is 0 Å². The van der Waals surface area contributed by atoms with Crippen molar-refractivity contribution in [2.45, 2.75) is 45.2 Å². The molecule has 1 N–H and O–H groups in total. The highest BCUT2D eigenvalue weighted by Crippen LogP contribution is 2.23. The first kappa shape index (κ1) is 14.3. The fourth-order valence-electron chi connectivity index (χ4n) is 2.73. The molecule has 0 saturated heterocycles. The Morgan fingerprint density at radius 2 is 1.95 bits per heavy atom. The fourth-order valence-corrected chi connectivity index (χ4v) is 2.94. The van der Waals surface area contributed by atoms with Crippen LogP contribution in [-0.4, -0.2) is 23.1 Å². The van der Waals surface area contributed by atoms with Crippen molar-refractivity contribution < 1.29 is 0 Å². The Kier molecular flexibility index (Phi) is 5.20. The van der Waals surface area contributed by atoms with Gasteiger partial charge in [-0.25, -0.2) is 0 Å². The van der Waals surface area contributed by atoms with Crippen molar-refractivity contribution in [3.8, 4) is 0 Å². The molecule has 1 aromatic carbocycles. The van der Waals surface area contributed by atoms with Crippen LogP contribution in [0.4, 0.5) is 0 Å². The maximum atomic E-state index is 5.52. The van der Waals surface area contributed by atoms with Crippen molar-refractivity contribution in [3.63, 3.8) is 0 Å². The summed E-state index contributed by atoms with van der Waals surface area (Å²) in [6.45, 7) is 3.20. The molecule has 1 saturated carbocycles. The molecule has 1 aliphatic carbocycles. The molecule has 0 unspecified atom stereocenters. The van der Waals surface area contributed by atoms with Gasteiger partial charge in [0.1, 0.15) is 0 Å². The lowest BCUT2D eigenvalue weighted by atomic mass is 9.86. The minimum Gasteiger partial charge on any atom is -0.360 e. The van der Waals surface area contributed by atoms with Crippen LogP contribution in [0.15, 0.2) is 30.3 Å². The topological polar surface area (TPSA) is 15.3 Å². The van der Waals surface area contributed by atoms with E-state index in [0.29, 0.717) is 6.04 Å². The van der Waals surface area contributed by atoms with Gasteiger partial charge < -0.3 is 10.2 Å². The lowest BCUT2D eigenvalue weighted by Gasteiger charge is -2.33. The van der Waals surface area contributed by atoms with E-state index in [-0.39, 0.29) is 0 Å². The average molecular weight is 276 g/mol. The second-order valence-corrected chi connectivity index (χ2v) is 6.05.